The number of fused-ring (bicyclic) bond motifs is 6. The SMILES string of the molecule is Cc1ncc2c(n1)-c1cc3c(=O)oc4ccccc4c3nc1CC2. The van der Waals surface area contributed by atoms with Crippen molar-refractivity contribution >= 4 is 21.9 Å². The quantitative estimate of drug-likeness (QED) is 0.368. The molecule has 3 heterocycles. The van der Waals surface area contributed by atoms with E-state index in [1.807, 2.05) is 37.4 Å². The summed E-state index contributed by atoms with van der Waals surface area (Å²) in [7, 11) is 0. The second-order valence-corrected chi connectivity index (χ2v) is 6.06. The number of pyridine rings is 1. The lowest BCUT2D eigenvalue weighted by atomic mass is 9.92. The largest absolute Gasteiger partial charge is 0.422 e. The molecule has 24 heavy (non-hydrogen) atoms. The maximum atomic E-state index is 12.4. The van der Waals surface area contributed by atoms with E-state index in [1.165, 1.54) is 0 Å². The third-order valence-electron chi connectivity index (χ3n) is 4.54. The third kappa shape index (κ3) is 1.81. The normalized spacial score (nSPS) is 13.0. The number of aryl methyl sites for hydroxylation is 3. The fourth-order valence-corrected chi connectivity index (χ4v) is 3.38. The predicted molar refractivity (Wildman–Crippen MR) is 91.0 cm³/mol. The fourth-order valence-electron chi connectivity index (χ4n) is 3.38. The lowest BCUT2D eigenvalue weighted by Gasteiger charge is -2.18. The standard InChI is InChI=1S/C19H13N3O2/c1-10-20-9-11-6-7-15-13(17(11)21-10)8-14-18(22-15)12-4-2-3-5-16(12)24-19(14)23/h2-5,8-9H,6-7H2,1H3. The molecule has 4 aromatic rings. The van der Waals surface area contributed by atoms with Crippen LogP contribution in [0.1, 0.15) is 17.1 Å². The van der Waals surface area contributed by atoms with E-state index < -0.39 is 0 Å². The molecule has 0 saturated carbocycles. The van der Waals surface area contributed by atoms with Crippen LogP contribution in [0.4, 0.5) is 0 Å². The van der Waals surface area contributed by atoms with Crippen molar-refractivity contribution in [2.45, 2.75) is 19.8 Å². The van der Waals surface area contributed by atoms with Crippen LogP contribution < -0.4 is 5.63 Å². The van der Waals surface area contributed by atoms with E-state index in [1.54, 1.807) is 6.07 Å². The van der Waals surface area contributed by atoms with E-state index in [4.69, 9.17) is 9.40 Å². The van der Waals surface area contributed by atoms with Gasteiger partial charge in [0.05, 0.1) is 22.3 Å². The summed E-state index contributed by atoms with van der Waals surface area (Å²) in [4.78, 5) is 26.1. The van der Waals surface area contributed by atoms with Gasteiger partial charge in [-0.15, -0.1) is 0 Å². The molecule has 0 unspecified atom stereocenters. The van der Waals surface area contributed by atoms with Crippen molar-refractivity contribution in [3.63, 3.8) is 0 Å². The van der Waals surface area contributed by atoms with Crippen molar-refractivity contribution < 1.29 is 4.42 Å². The molecule has 3 aromatic heterocycles. The first-order valence-electron chi connectivity index (χ1n) is 7.89. The maximum absolute atomic E-state index is 12.4. The average Bonchev–Trinajstić information content (AvgIpc) is 2.60. The van der Waals surface area contributed by atoms with Gasteiger partial charge >= 0.3 is 5.63 Å². The van der Waals surface area contributed by atoms with E-state index in [0.29, 0.717) is 22.3 Å². The zero-order chi connectivity index (χ0) is 16.3. The second-order valence-electron chi connectivity index (χ2n) is 6.06. The monoisotopic (exact) mass is 315 g/mol. The molecule has 0 aliphatic heterocycles. The van der Waals surface area contributed by atoms with Gasteiger partial charge in [-0.25, -0.2) is 14.8 Å². The summed E-state index contributed by atoms with van der Waals surface area (Å²) < 4.78 is 5.45. The van der Waals surface area contributed by atoms with Crippen LogP contribution in [-0.4, -0.2) is 15.0 Å². The van der Waals surface area contributed by atoms with Crippen LogP contribution in [0.5, 0.6) is 0 Å². The van der Waals surface area contributed by atoms with Gasteiger partial charge in [0.2, 0.25) is 0 Å². The number of rotatable bonds is 0. The summed E-state index contributed by atoms with van der Waals surface area (Å²) in [6, 6.07) is 9.38. The maximum Gasteiger partial charge on any atom is 0.345 e. The van der Waals surface area contributed by atoms with Gasteiger partial charge in [0.15, 0.2) is 0 Å². The van der Waals surface area contributed by atoms with E-state index in [2.05, 4.69) is 9.97 Å². The summed E-state index contributed by atoms with van der Waals surface area (Å²) in [5, 5.41) is 1.36. The summed E-state index contributed by atoms with van der Waals surface area (Å²) in [5.74, 6) is 0.715. The van der Waals surface area contributed by atoms with E-state index in [9.17, 15) is 4.79 Å². The smallest absolute Gasteiger partial charge is 0.345 e. The molecule has 5 rings (SSSR count). The Hall–Kier alpha value is -3.08. The lowest BCUT2D eigenvalue weighted by Crippen LogP contribution is -2.11. The Kier molecular flexibility index (Phi) is 2.62. The third-order valence-corrected chi connectivity index (χ3v) is 4.54. The van der Waals surface area contributed by atoms with Crippen molar-refractivity contribution in [1.29, 1.82) is 0 Å². The summed E-state index contributed by atoms with van der Waals surface area (Å²) in [6.45, 7) is 1.87. The van der Waals surface area contributed by atoms with Crippen molar-refractivity contribution in [3.8, 4) is 11.3 Å². The Morgan fingerprint density at radius 1 is 1.08 bits per heavy atom. The molecule has 0 amide bonds. The van der Waals surface area contributed by atoms with Gasteiger partial charge in [0, 0.05) is 17.1 Å². The molecular weight excluding hydrogens is 302 g/mol. The number of para-hydroxylation sites is 1. The summed E-state index contributed by atoms with van der Waals surface area (Å²) in [6.07, 6.45) is 3.55. The fraction of sp³-hybridized carbons (Fsp3) is 0.158. The first kappa shape index (κ1) is 13.4. The zero-order valence-electron chi connectivity index (χ0n) is 13.0. The van der Waals surface area contributed by atoms with Gasteiger partial charge in [-0.1, -0.05) is 12.1 Å². The molecule has 0 radical (unpaired) electrons. The van der Waals surface area contributed by atoms with Gasteiger partial charge in [0.25, 0.3) is 0 Å². The number of hydrogen-bond acceptors (Lipinski definition) is 5. The highest BCUT2D eigenvalue weighted by Gasteiger charge is 2.22. The minimum atomic E-state index is -0.364. The van der Waals surface area contributed by atoms with Crippen molar-refractivity contribution in [2.75, 3.05) is 0 Å². The van der Waals surface area contributed by atoms with Crippen LogP contribution in [0.15, 0.2) is 45.7 Å². The first-order chi connectivity index (χ1) is 11.7. The topological polar surface area (TPSA) is 68.9 Å². The Labute approximate surface area is 137 Å². The van der Waals surface area contributed by atoms with E-state index in [-0.39, 0.29) is 5.63 Å². The minimum absolute atomic E-state index is 0.364. The van der Waals surface area contributed by atoms with Gasteiger partial charge in [-0.2, -0.15) is 0 Å². The molecule has 1 aromatic carbocycles. The molecule has 0 bridgehead atoms. The van der Waals surface area contributed by atoms with Crippen LogP contribution in [0, 0.1) is 6.92 Å². The van der Waals surface area contributed by atoms with Crippen molar-refractivity contribution in [3.05, 3.63) is 64.0 Å². The lowest BCUT2D eigenvalue weighted by molar-refractivity contribution is 0.569. The molecule has 1 aliphatic carbocycles. The number of nitrogens with zero attached hydrogens (tertiary/aromatic N) is 3. The Morgan fingerprint density at radius 3 is 2.88 bits per heavy atom. The van der Waals surface area contributed by atoms with Crippen molar-refractivity contribution in [1.82, 2.24) is 15.0 Å². The first-order valence-corrected chi connectivity index (χ1v) is 7.89. The van der Waals surface area contributed by atoms with Crippen LogP contribution in [0.2, 0.25) is 0 Å². The molecule has 0 saturated heterocycles. The number of hydrogen-bond donors (Lipinski definition) is 0. The number of benzene rings is 1. The Bertz CT molecular complexity index is 1190. The van der Waals surface area contributed by atoms with Crippen LogP contribution >= 0.6 is 0 Å². The molecule has 1 aliphatic rings. The van der Waals surface area contributed by atoms with E-state index in [0.717, 1.165) is 40.7 Å². The molecular formula is C19H13N3O2. The van der Waals surface area contributed by atoms with Crippen molar-refractivity contribution in [2.24, 2.45) is 0 Å². The zero-order valence-corrected chi connectivity index (χ0v) is 13.0. The van der Waals surface area contributed by atoms with E-state index >= 15 is 0 Å². The van der Waals surface area contributed by atoms with Crippen LogP contribution in [0.3, 0.4) is 0 Å². The highest BCUT2D eigenvalue weighted by molar-refractivity contribution is 6.03. The molecule has 0 spiro atoms. The highest BCUT2D eigenvalue weighted by atomic mass is 16.4. The second kappa shape index (κ2) is 4.71. The molecule has 0 N–H and O–H groups in total. The molecule has 0 fully saturated rings. The minimum Gasteiger partial charge on any atom is -0.422 e. The highest BCUT2D eigenvalue weighted by Crippen LogP contribution is 2.33. The predicted octanol–water partition coefficient (Wildman–Crippen LogP) is 3.21. The molecule has 5 heteroatoms. The van der Waals surface area contributed by atoms with Gasteiger partial charge in [-0.3, -0.25) is 4.98 Å². The van der Waals surface area contributed by atoms with Crippen LogP contribution in [0.25, 0.3) is 33.1 Å². The molecule has 5 nitrogen and oxygen atoms in total. The van der Waals surface area contributed by atoms with Gasteiger partial charge in [0.1, 0.15) is 11.4 Å². The molecule has 0 atom stereocenters. The summed E-state index contributed by atoms with van der Waals surface area (Å²) >= 11 is 0. The average molecular weight is 315 g/mol. The number of aromatic nitrogens is 3. The Balaban J connectivity index is 1.92. The molecule has 116 valence electrons. The van der Waals surface area contributed by atoms with Crippen LogP contribution in [-0.2, 0) is 12.8 Å². The Morgan fingerprint density at radius 2 is 1.96 bits per heavy atom. The van der Waals surface area contributed by atoms with Gasteiger partial charge in [-0.05, 0) is 43.5 Å². The summed E-state index contributed by atoms with van der Waals surface area (Å²) in [5.41, 5.74) is 4.77. The van der Waals surface area contributed by atoms with Gasteiger partial charge < -0.3 is 4.42 Å².